The van der Waals surface area contributed by atoms with Crippen LogP contribution in [0, 0.1) is 22.8 Å². The summed E-state index contributed by atoms with van der Waals surface area (Å²) in [6.45, 7) is 10.3. The Balaban J connectivity index is 1.59. The maximum absolute atomic E-state index is 14.7. The molecule has 2 rings (SSSR count). The average Bonchev–Trinajstić information content (AvgIpc) is 2.90. The van der Waals surface area contributed by atoms with E-state index in [1.54, 1.807) is 6.92 Å². The summed E-state index contributed by atoms with van der Waals surface area (Å²) in [6, 6.07) is 5.94. The number of carbonyl (C=O) groups excluding carboxylic acids is 1. The molecule has 1 aromatic heterocycles. The van der Waals surface area contributed by atoms with Gasteiger partial charge in [-0.15, -0.1) is 0 Å². The Morgan fingerprint density at radius 1 is 1.00 bits per heavy atom. The molecule has 1 N–H and O–H groups in total. The fourth-order valence-electron chi connectivity index (χ4n) is 4.69. The number of hydrogen-bond donors (Lipinski definition) is 1. The molecular weight excluding hydrogens is 499 g/mol. The van der Waals surface area contributed by atoms with Crippen LogP contribution in [-0.4, -0.2) is 37.3 Å². The van der Waals surface area contributed by atoms with E-state index < -0.39 is 5.41 Å². The van der Waals surface area contributed by atoms with Crippen LogP contribution in [0.3, 0.4) is 0 Å². The average molecular weight is 549 g/mol. The van der Waals surface area contributed by atoms with Gasteiger partial charge in [0.05, 0.1) is 18.6 Å². The van der Waals surface area contributed by atoms with E-state index >= 15 is 0 Å². The highest BCUT2D eigenvalue weighted by Gasteiger charge is 2.28. The second-order valence-corrected chi connectivity index (χ2v) is 11.4. The van der Waals surface area contributed by atoms with Crippen molar-refractivity contribution in [3.63, 3.8) is 0 Å². The summed E-state index contributed by atoms with van der Waals surface area (Å²) in [4.78, 5) is 12.1. The monoisotopic (exact) mass is 548 g/mol. The number of unbranched alkanes of at least 4 members (excludes halogenated alkanes) is 9. The van der Waals surface area contributed by atoms with Crippen molar-refractivity contribution in [2.24, 2.45) is 5.41 Å². The molecule has 7 heteroatoms. The highest BCUT2D eigenvalue weighted by molar-refractivity contribution is 7.71. The smallest absolute Gasteiger partial charge is 0.312 e. The molecule has 0 aliphatic rings. The number of halogens is 1. The zero-order chi connectivity index (χ0) is 28.0. The van der Waals surface area contributed by atoms with Gasteiger partial charge in [-0.3, -0.25) is 4.79 Å². The van der Waals surface area contributed by atoms with Gasteiger partial charge in [0.1, 0.15) is 10.4 Å². The van der Waals surface area contributed by atoms with E-state index in [2.05, 4.69) is 12.2 Å². The molecular formula is C31H49FN2O3S. The third kappa shape index (κ3) is 9.96. The molecule has 1 aromatic carbocycles. The summed E-state index contributed by atoms with van der Waals surface area (Å²) in [5.41, 5.74) is 1.10. The number of aryl methyl sites for hydroxylation is 2. The summed E-state index contributed by atoms with van der Waals surface area (Å²) < 4.78 is 28.4. The molecule has 0 radical (unpaired) electrons. The summed E-state index contributed by atoms with van der Waals surface area (Å²) in [5, 5.41) is 3.91. The lowest BCUT2D eigenvalue weighted by molar-refractivity contribution is -0.153. The Labute approximate surface area is 234 Å². The van der Waals surface area contributed by atoms with Crippen LogP contribution in [0.25, 0.3) is 10.9 Å². The number of hydrogen-bond acceptors (Lipinski definition) is 5. The first-order valence-corrected chi connectivity index (χ1v) is 14.9. The Kier molecular flexibility index (Phi) is 14.3. The largest absolute Gasteiger partial charge is 0.494 e. The van der Waals surface area contributed by atoms with Crippen LogP contribution in [0.15, 0.2) is 18.2 Å². The Bertz CT molecular complexity index is 1070. The van der Waals surface area contributed by atoms with Crippen LogP contribution in [0.1, 0.15) is 97.0 Å². The summed E-state index contributed by atoms with van der Waals surface area (Å²) in [7, 11) is 1.85. The summed E-state index contributed by atoms with van der Waals surface area (Å²) >= 11 is 5.38. The highest BCUT2D eigenvalue weighted by Crippen LogP contribution is 2.27. The van der Waals surface area contributed by atoms with Crippen molar-refractivity contribution >= 4 is 29.1 Å². The Morgan fingerprint density at radius 3 is 2.21 bits per heavy atom. The van der Waals surface area contributed by atoms with Crippen molar-refractivity contribution in [1.29, 1.82) is 0 Å². The van der Waals surface area contributed by atoms with Gasteiger partial charge in [0.15, 0.2) is 5.82 Å². The summed E-state index contributed by atoms with van der Waals surface area (Å²) in [5.74, 6) is 0.367. The molecule has 0 aliphatic heterocycles. The number of carbonyl (C=O) groups is 1. The molecule has 0 spiro atoms. The van der Waals surface area contributed by atoms with E-state index in [0.717, 1.165) is 61.7 Å². The van der Waals surface area contributed by atoms with Crippen LogP contribution >= 0.6 is 12.2 Å². The van der Waals surface area contributed by atoms with Crippen LogP contribution in [0.4, 0.5) is 4.39 Å². The highest BCUT2D eigenvalue weighted by atomic mass is 32.1. The first-order chi connectivity index (χ1) is 18.2. The van der Waals surface area contributed by atoms with Crippen LogP contribution in [-0.2, 0) is 16.1 Å². The standard InChI is InChI=1S/C31H49FN2O3S/c1-6-7-19-34-27-18-17-25(22-26(27)24(2)28(32)29(34)38)36-20-15-13-11-9-8-10-12-14-16-21-37-30(35)31(3,4)23-33-5/h17-18,22,33H,6-16,19-21,23H2,1-5H3. The third-order valence-corrected chi connectivity index (χ3v) is 7.52. The van der Waals surface area contributed by atoms with Gasteiger partial charge in [0.2, 0.25) is 0 Å². The molecule has 5 nitrogen and oxygen atoms in total. The van der Waals surface area contributed by atoms with Gasteiger partial charge in [0.25, 0.3) is 0 Å². The van der Waals surface area contributed by atoms with Crippen LogP contribution < -0.4 is 10.1 Å². The van der Waals surface area contributed by atoms with E-state index in [-0.39, 0.29) is 11.8 Å². The normalized spacial score (nSPS) is 11.7. The van der Waals surface area contributed by atoms with E-state index in [1.807, 2.05) is 43.7 Å². The molecule has 0 unspecified atom stereocenters. The molecule has 38 heavy (non-hydrogen) atoms. The quantitative estimate of drug-likeness (QED) is 0.109. The number of benzene rings is 1. The lowest BCUT2D eigenvalue weighted by atomic mass is 9.94. The first-order valence-electron chi connectivity index (χ1n) is 14.5. The lowest BCUT2D eigenvalue weighted by Gasteiger charge is -2.21. The molecule has 0 atom stereocenters. The zero-order valence-corrected chi connectivity index (χ0v) is 25.1. The number of fused-ring (bicyclic) bond motifs is 1. The predicted octanol–water partition coefficient (Wildman–Crippen LogP) is 8.30. The van der Waals surface area contributed by atoms with Crippen LogP contribution in [0.5, 0.6) is 5.75 Å². The van der Waals surface area contributed by atoms with Gasteiger partial charge in [-0.1, -0.05) is 70.5 Å². The van der Waals surface area contributed by atoms with Crippen LogP contribution in [0.2, 0.25) is 0 Å². The van der Waals surface area contributed by atoms with Crippen molar-refractivity contribution in [3.05, 3.63) is 34.2 Å². The maximum atomic E-state index is 14.7. The fraction of sp³-hybridized carbons (Fsp3) is 0.677. The van der Waals surface area contributed by atoms with Crippen molar-refractivity contribution in [3.8, 4) is 5.75 Å². The van der Waals surface area contributed by atoms with Crippen molar-refractivity contribution < 1.29 is 18.7 Å². The minimum Gasteiger partial charge on any atom is -0.494 e. The lowest BCUT2D eigenvalue weighted by Crippen LogP contribution is -2.36. The molecule has 2 aromatic rings. The van der Waals surface area contributed by atoms with Gasteiger partial charge < -0.3 is 19.4 Å². The number of rotatable bonds is 19. The number of pyridine rings is 1. The molecule has 0 bridgehead atoms. The number of ether oxygens (including phenoxy) is 2. The molecule has 214 valence electrons. The second kappa shape index (κ2) is 16.9. The topological polar surface area (TPSA) is 52.5 Å². The van der Waals surface area contributed by atoms with Crippen molar-refractivity contribution in [2.75, 3.05) is 26.8 Å². The first kappa shape index (κ1) is 32.2. The van der Waals surface area contributed by atoms with Crippen molar-refractivity contribution in [1.82, 2.24) is 9.88 Å². The fourth-order valence-corrected chi connectivity index (χ4v) is 5.03. The Morgan fingerprint density at radius 2 is 1.61 bits per heavy atom. The van der Waals surface area contributed by atoms with E-state index in [4.69, 9.17) is 21.7 Å². The summed E-state index contributed by atoms with van der Waals surface area (Å²) in [6.07, 6.45) is 12.3. The van der Waals surface area contributed by atoms with Gasteiger partial charge in [-0.25, -0.2) is 4.39 Å². The molecule has 0 saturated heterocycles. The van der Waals surface area contributed by atoms with Gasteiger partial charge in [-0.05, 0) is 70.8 Å². The minimum atomic E-state index is -0.472. The SMILES string of the molecule is CCCCn1c(=S)c(F)c(C)c2cc(OCCCCCCCCCCCOC(=O)C(C)(C)CNC)ccc21. The zero-order valence-electron chi connectivity index (χ0n) is 24.3. The second-order valence-electron chi connectivity index (χ2n) is 11.0. The maximum Gasteiger partial charge on any atom is 0.312 e. The van der Waals surface area contributed by atoms with Crippen molar-refractivity contribution in [2.45, 2.75) is 105 Å². The molecule has 0 aliphatic carbocycles. The predicted molar refractivity (Wildman–Crippen MR) is 158 cm³/mol. The van der Waals surface area contributed by atoms with Gasteiger partial charge >= 0.3 is 5.97 Å². The van der Waals surface area contributed by atoms with Gasteiger partial charge in [0, 0.05) is 24.0 Å². The number of nitrogens with one attached hydrogen (secondary N) is 1. The third-order valence-electron chi connectivity index (χ3n) is 7.12. The van der Waals surface area contributed by atoms with Gasteiger partial charge in [-0.2, -0.15) is 0 Å². The van der Waals surface area contributed by atoms with E-state index in [1.165, 1.54) is 32.1 Å². The van der Waals surface area contributed by atoms with E-state index in [9.17, 15) is 9.18 Å². The molecule has 0 fully saturated rings. The number of nitrogens with zero attached hydrogens (tertiary/aromatic N) is 1. The molecule has 1 heterocycles. The molecule has 0 amide bonds. The number of aromatic nitrogens is 1. The number of esters is 1. The molecule has 0 saturated carbocycles. The van der Waals surface area contributed by atoms with E-state index in [0.29, 0.717) is 30.0 Å². The Hall–Kier alpha value is -1.99. The minimum absolute atomic E-state index is 0.123.